The van der Waals surface area contributed by atoms with Crippen molar-refractivity contribution in [1.29, 1.82) is 0 Å². The highest BCUT2D eigenvalue weighted by Crippen LogP contribution is 2.40. The van der Waals surface area contributed by atoms with Gasteiger partial charge in [0, 0.05) is 45.0 Å². The monoisotopic (exact) mass is 525 g/mol. The first-order valence-corrected chi connectivity index (χ1v) is 14.8. The molecule has 0 radical (unpaired) electrons. The van der Waals surface area contributed by atoms with Gasteiger partial charge in [-0.3, -0.25) is 4.79 Å². The van der Waals surface area contributed by atoms with Gasteiger partial charge in [0.1, 0.15) is 14.5 Å². The maximum atomic E-state index is 13.2. The maximum absolute atomic E-state index is 13.2. The molecule has 0 bridgehead atoms. The predicted octanol–water partition coefficient (Wildman–Crippen LogP) is 1.49. The van der Waals surface area contributed by atoms with Crippen LogP contribution < -0.4 is 10.0 Å². The summed E-state index contributed by atoms with van der Waals surface area (Å²) in [6.07, 6.45) is 0.0188. The lowest BCUT2D eigenvalue weighted by Crippen LogP contribution is -2.44. The summed E-state index contributed by atoms with van der Waals surface area (Å²) in [5, 5.41) is 3.25. The zero-order valence-electron chi connectivity index (χ0n) is 19.8. The number of fused-ring (bicyclic) bond motifs is 1. The number of nitrogens with zero attached hydrogens (tertiary/aromatic N) is 1. The molecule has 2 rings (SSSR count). The number of carbonyl (C=O) groups is 1. The van der Waals surface area contributed by atoms with E-state index in [2.05, 4.69) is 10.0 Å². The molecule has 0 fully saturated rings. The Kier molecular flexibility index (Phi) is 10.4. The normalized spacial score (nSPS) is 20.3. The molecule has 3 atom stereocenters. The average Bonchev–Trinajstić information content (AvgIpc) is 3.23. The molecule has 1 unspecified atom stereocenters. The van der Waals surface area contributed by atoms with Gasteiger partial charge in [0.05, 0.1) is 6.04 Å². The van der Waals surface area contributed by atoms with Crippen molar-refractivity contribution >= 4 is 37.2 Å². The molecule has 190 valence electrons. The number of carbonyl (C=O) groups excluding carboxylic acids is 1. The molecular weight excluding hydrogens is 490 g/mol. The van der Waals surface area contributed by atoms with Crippen LogP contribution in [0.25, 0.3) is 0 Å². The van der Waals surface area contributed by atoms with Gasteiger partial charge in [-0.1, -0.05) is 13.8 Å². The van der Waals surface area contributed by atoms with Gasteiger partial charge in [-0.25, -0.2) is 16.8 Å². The molecule has 0 saturated carbocycles. The second kappa shape index (κ2) is 12.2. The van der Waals surface area contributed by atoms with Gasteiger partial charge in [0.25, 0.3) is 20.0 Å². The van der Waals surface area contributed by atoms with Crippen molar-refractivity contribution in [3.05, 3.63) is 11.6 Å². The molecule has 13 heteroatoms. The summed E-state index contributed by atoms with van der Waals surface area (Å²) in [4.78, 5) is 12.6. The standard InChI is InChI=1S/C20H35N3O7S3/c1-6-16(19(24)14(4)30-8-3)22-32(25,26)18-12-15-17(21-7-2)13-23(10-9-11-29-5)33(27,28)20(15)31-18/h12,14,16-17,21-22H,6-11,13H2,1-5H3/t14-,16?,17-/m0/s1. The van der Waals surface area contributed by atoms with Crippen molar-refractivity contribution in [3.8, 4) is 0 Å². The van der Waals surface area contributed by atoms with Gasteiger partial charge in [-0.05, 0) is 39.3 Å². The van der Waals surface area contributed by atoms with Crippen LogP contribution in [0.1, 0.15) is 52.1 Å². The van der Waals surface area contributed by atoms with Gasteiger partial charge < -0.3 is 14.8 Å². The fourth-order valence-corrected chi connectivity index (χ4v) is 8.87. The number of likely N-dealkylation sites (N-methyl/N-ethyl adjacent to an activating group) is 1. The van der Waals surface area contributed by atoms with E-state index >= 15 is 0 Å². The Labute approximate surface area is 201 Å². The topological polar surface area (TPSA) is 131 Å². The van der Waals surface area contributed by atoms with Crippen LogP contribution in [-0.4, -0.2) is 79.0 Å². The third kappa shape index (κ3) is 6.60. The highest BCUT2D eigenvalue weighted by molar-refractivity contribution is 7.94. The molecule has 1 aromatic rings. The van der Waals surface area contributed by atoms with E-state index in [1.54, 1.807) is 27.9 Å². The van der Waals surface area contributed by atoms with Gasteiger partial charge in [0.2, 0.25) is 0 Å². The van der Waals surface area contributed by atoms with Crippen molar-refractivity contribution < 1.29 is 31.1 Å². The molecule has 0 aliphatic carbocycles. The van der Waals surface area contributed by atoms with Crippen LogP contribution in [-0.2, 0) is 34.3 Å². The summed E-state index contributed by atoms with van der Waals surface area (Å²) in [7, 11) is -6.42. The Morgan fingerprint density at radius 1 is 1.33 bits per heavy atom. The summed E-state index contributed by atoms with van der Waals surface area (Å²) in [6, 6.07) is 0.100. The van der Waals surface area contributed by atoms with E-state index in [-0.39, 0.29) is 39.8 Å². The molecule has 0 aromatic carbocycles. The number of nitrogens with one attached hydrogen (secondary N) is 2. The number of hydrogen-bond donors (Lipinski definition) is 2. The third-order valence-corrected chi connectivity index (χ3v) is 10.9. The van der Waals surface area contributed by atoms with E-state index in [1.165, 1.54) is 10.4 Å². The molecule has 0 spiro atoms. The minimum atomic E-state index is -4.12. The van der Waals surface area contributed by atoms with Crippen molar-refractivity contribution in [2.75, 3.05) is 40.0 Å². The Hall–Kier alpha value is -0.930. The lowest BCUT2D eigenvalue weighted by molar-refractivity contribution is -0.131. The van der Waals surface area contributed by atoms with E-state index in [0.717, 1.165) is 0 Å². The summed E-state index contributed by atoms with van der Waals surface area (Å²) in [5.74, 6) is -0.369. The van der Waals surface area contributed by atoms with Crippen LogP contribution in [0.2, 0.25) is 0 Å². The molecule has 33 heavy (non-hydrogen) atoms. The summed E-state index contributed by atoms with van der Waals surface area (Å²) in [6.45, 7) is 8.77. The molecule has 10 nitrogen and oxygen atoms in total. The van der Waals surface area contributed by atoms with Crippen LogP contribution in [0.4, 0.5) is 0 Å². The van der Waals surface area contributed by atoms with Gasteiger partial charge in [0.15, 0.2) is 5.78 Å². The largest absolute Gasteiger partial charge is 0.385 e. The molecule has 2 heterocycles. The lowest BCUT2D eigenvalue weighted by Gasteiger charge is -2.32. The van der Waals surface area contributed by atoms with Crippen molar-refractivity contribution in [1.82, 2.24) is 14.3 Å². The number of ether oxygens (including phenoxy) is 2. The van der Waals surface area contributed by atoms with Crippen molar-refractivity contribution in [2.24, 2.45) is 0 Å². The fourth-order valence-electron chi connectivity index (χ4n) is 3.68. The summed E-state index contributed by atoms with van der Waals surface area (Å²) >= 11 is 0.711. The van der Waals surface area contributed by atoms with E-state index in [4.69, 9.17) is 9.47 Å². The zero-order chi connectivity index (χ0) is 24.8. The lowest BCUT2D eigenvalue weighted by atomic mass is 10.1. The zero-order valence-corrected chi connectivity index (χ0v) is 22.2. The number of Topliss-reactive ketones (excluding diaryl/α,β-unsaturated/α-hetero) is 1. The van der Waals surface area contributed by atoms with Crippen LogP contribution >= 0.6 is 11.3 Å². The fraction of sp³-hybridized carbons (Fsp3) is 0.750. The number of ketones is 1. The Morgan fingerprint density at radius 3 is 2.61 bits per heavy atom. The SMILES string of the molecule is CCN[C@H]1CN(CCCOC)S(=O)(=O)c2sc(S(=O)(=O)NC(CC)C(=O)[C@H](C)OCC)cc21. The van der Waals surface area contributed by atoms with Gasteiger partial charge >= 0.3 is 0 Å². The van der Waals surface area contributed by atoms with Crippen molar-refractivity contribution in [2.45, 2.75) is 67.1 Å². The number of methoxy groups -OCH3 is 1. The number of sulfonamides is 2. The number of hydrogen-bond acceptors (Lipinski definition) is 9. The quantitative estimate of drug-likeness (QED) is 0.349. The minimum absolute atomic E-state index is 0.0135. The van der Waals surface area contributed by atoms with Crippen LogP contribution in [0, 0.1) is 0 Å². The number of thiophene rings is 1. The first-order chi connectivity index (χ1) is 15.5. The molecule has 2 N–H and O–H groups in total. The Morgan fingerprint density at radius 2 is 2.03 bits per heavy atom. The summed E-state index contributed by atoms with van der Waals surface area (Å²) in [5.41, 5.74) is 0.437. The van der Waals surface area contributed by atoms with Crippen LogP contribution in [0.5, 0.6) is 0 Å². The van der Waals surface area contributed by atoms with E-state index in [9.17, 15) is 21.6 Å². The van der Waals surface area contributed by atoms with Crippen LogP contribution in [0.3, 0.4) is 0 Å². The number of rotatable bonds is 14. The maximum Gasteiger partial charge on any atom is 0.252 e. The highest BCUT2D eigenvalue weighted by Gasteiger charge is 2.40. The highest BCUT2D eigenvalue weighted by atomic mass is 32.3. The minimum Gasteiger partial charge on any atom is -0.385 e. The second-order valence-corrected chi connectivity index (χ2v) is 12.8. The van der Waals surface area contributed by atoms with Gasteiger partial charge in [-0.2, -0.15) is 9.03 Å². The molecule has 1 aliphatic heterocycles. The molecule has 0 saturated heterocycles. The van der Waals surface area contributed by atoms with E-state index in [1.807, 2.05) is 6.92 Å². The predicted molar refractivity (Wildman–Crippen MR) is 126 cm³/mol. The molecular formula is C20H35N3O7S3. The van der Waals surface area contributed by atoms with E-state index < -0.39 is 32.2 Å². The summed E-state index contributed by atoms with van der Waals surface area (Å²) < 4.78 is 66.7. The Balaban J connectivity index is 2.38. The first-order valence-electron chi connectivity index (χ1n) is 11.1. The smallest absolute Gasteiger partial charge is 0.252 e. The third-order valence-electron chi connectivity index (χ3n) is 5.38. The molecule has 0 amide bonds. The first kappa shape index (κ1) is 28.3. The van der Waals surface area contributed by atoms with Crippen molar-refractivity contribution in [3.63, 3.8) is 0 Å². The van der Waals surface area contributed by atoms with E-state index in [0.29, 0.717) is 43.1 Å². The van der Waals surface area contributed by atoms with Gasteiger partial charge in [-0.15, -0.1) is 11.3 Å². The molecule has 1 aliphatic rings. The molecule has 1 aromatic heterocycles. The Bertz CT molecular complexity index is 1010. The van der Waals surface area contributed by atoms with Crippen LogP contribution in [0.15, 0.2) is 14.5 Å². The average molecular weight is 526 g/mol. The second-order valence-electron chi connectivity index (χ2n) is 7.71.